The third-order valence-corrected chi connectivity index (χ3v) is 7.73. The monoisotopic (exact) mass is 586 g/mol. The van der Waals surface area contributed by atoms with Crippen molar-refractivity contribution in [3.63, 3.8) is 0 Å². The van der Waals surface area contributed by atoms with Crippen LogP contribution in [0.2, 0.25) is 0 Å². The van der Waals surface area contributed by atoms with E-state index in [9.17, 15) is 13.2 Å². The lowest BCUT2D eigenvalue weighted by Gasteiger charge is -2.43. The second-order valence-corrected chi connectivity index (χ2v) is 10.2. The fourth-order valence-corrected chi connectivity index (χ4v) is 5.93. The van der Waals surface area contributed by atoms with Gasteiger partial charge in [0.25, 0.3) is 0 Å². The number of alkyl halides is 3. The highest BCUT2D eigenvalue weighted by Gasteiger charge is 2.55. The lowest BCUT2D eigenvalue weighted by molar-refractivity contribution is -0.274. The summed E-state index contributed by atoms with van der Waals surface area (Å²) in [5.41, 5.74) is 1.43. The summed E-state index contributed by atoms with van der Waals surface area (Å²) in [5.74, 6) is 1.34. The molecule has 4 atom stereocenters. The van der Waals surface area contributed by atoms with Gasteiger partial charge in [-0.1, -0.05) is 30.3 Å². The fraction of sp³-hybridized carbons (Fsp3) is 0.500. The Hall–Kier alpha value is -2.60. The average molecular weight is 587 g/mol. The van der Waals surface area contributed by atoms with E-state index in [2.05, 4.69) is 43.0 Å². The van der Waals surface area contributed by atoms with E-state index < -0.39 is 6.36 Å². The predicted molar refractivity (Wildman–Crippen MR) is 142 cm³/mol. The topological polar surface area (TPSA) is 86.1 Å². The molecule has 0 radical (unpaired) electrons. The molecule has 1 aromatic heterocycles. The van der Waals surface area contributed by atoms with Crippen LogP contribution in [0.1, 0.15) is 55.0 Å². The van der Waals surface area contributed by atoms with Crippen LogP contribution in [0, 0.1) is 0 Å². The molecule has 0 unspecified atom stereocenters. The van der Waals surface area contributed by atoms with Gasteiger partial charge >= 0.3 is 6.36 Å². The number of benzene rings is 2. The number of rotatable bonds is 8. The molecular weight excluding hydrogens is 556 g/mol. The van der Waals surface area contributed by atoms with Crippen molar-refractivity contribution < 1.29 is 22.6 Å². The molecule has 13 heteroatoms. The molecule has 2 saturated heterocycles. The van der Waals surface area contributed by atoms with E-state index in [1.807, 2.05) is 25.2 Å². The minimum absolute atomic E-state index is 0. The van der Waals surface area contributed by atoms with E-state index >= 15 is 0 Å². The Kier molecular flexibility index (Phi) is 8.65. The Morgan fingerprint density at radius 1 is 1.08 bits per heavy atom. The Morgan fingerprint density at radius 2 is 1.85 bits per heavy atom. The van der Waals surface area contributed by atoms with Crippen molar-refractivity contribution >= 4 is 24.8 Å². The van der Waals surface area contributed by atoms with E-state index in [0.717, 1.165) is 37.9 Å². The van der Waals surface area contributed by atoms with Gasteiger partial charge < -0.3 is 20.1 Å². The van der Waals surface area contributed by atoms with Crippen molar-refractivity contribution in [2.45, 2.75) is 74.7 Å². The SMILES string of the molecule is Cl.Cl.Cn1nnnc1[C@@H]1C[C@]2(c3ccccc3)N[C@H]1CC[C@H]2NCc1cc(OC(F)(F)F)ccc1OC1CC1. The van der Waals surface area contributed by atoms with Crippen LogP contribution >= 0.6 is 24.8 Å². The largest absolute Gasteiger partial charge is 0.573 e. The average Bonchev–Trinajstić information content (AvgIpc) is 3.51. The Bertz CT molecular complexity index is 1260. The third kappa shape index (κ3) is 6.11. The van der Waals surface area contributed by atoms with Crippen LogP contribution in [-0.4, -0.2) is 44.8 Å². The normalized spacial score (nSPS) is 25.9. The minimum atomic E-state index is -4.75. The molecule has 3 aliphatic rings. The molecule has 8 nitrogen and oxygen atoms in total. The summed E-state index contributed by atoms with van der Waals surface area (Å²) in [6.07, 6.45) is -0.101. The molecule has 2 bridgehead atoms. The van der Waals surface area contributed by atoms with Gasteiger partial charge in [-0.3, -0.25) is 0 Å². The number of piperidine rings is 1. The number of aryl methyl sites for hydroxylation is 1. The van der Waals surface area contributed by atoms with Gasteiger partial charge in [0.05, 0.1) is 11.6 Å². The molecule has 2 aromatic carbocycles. The van der Waals surface area contributed by atoms with Crippen molar-refractivity contribution in [1.82, 2.24) is 30.8 Å². The van der Waals surface area contributed by atoms with Gasteiger partial charge in [0, 0.05) is 37.2 Å². The number of nitrogens with zero attached hydrogens (tertiary/aromatic N) is 4. The van der Waals surface area contributed by atoms with Gasteiger partial charge in [0.1, 0.15) is 11.5 Å². The van der Waals surface area contributed by atoms with Crippen molar-refractivity contribution in [2.24, 2.45) is 7.05 Å². The maximum absolute atomic E-state index is 12.9. The van der Waals surface area contributed by atoms with Crippen molar-refractivity contribution in [1.29, 1.82) is 0 Å². The van der Waals surface area contributed by atoms with Crippen LogP contribution in [0.3, 0.4) is 0 Å². The molecule has 2 N–H and O–H groups in total. The van der Waals surface area contributed by atoms with Crippen molar-refractivity contribution in [3.05, 3.63) is 65.5 Å². The first-order chi connectivity index (χ1) is 17.8. The van der Waals surface area contributed by atoms with E-state index in [1.165, 1.54) is 17.7 Å². The van der Waals surface area contributed by atoms with E-state index in [-0.39, 0.29) is 60.2 Å². The first-order valence-corrected chi connectivity index (χ1v) is 12.6. The molecule has 212 valence electrons. The molecule has 0 amide bonds. The minimum Gasteiger partial charge on any atom is -0.490 e. The Balaban J connectivity index is 0.00000176. The molecule has 2 aliphatic heterocycles. The summed E-state index contributed by atoms with van der Waals surface area (Å²) in [7, 11) is 1.86. The molecule has 1 saturated carbocycles. The number of hydrogen-bond donors (Lipinski definition) is 2. The van der Waals surface area contributed by atoms with Gasteiger partial charge in [-0.25, -0.2) is 4.68 Å². The highest BCUT2D eigenvalue weighted by atomic mass is 35.5. The Labute approximate surface area is 236 Å². The fourth-order valence-electron chi connectivity index (χ4n) is 5.93. The first kappa shape index (κ1) is 29.4. The van der Waals surface area contributed by atoms with E-state index in [4.69, 9.17) is 4.74 Å². The molecule has 1 aliphatic carbocycles. The first-order valence-electron chi connectivity index (χ1n) is 12.6. The highest BCUT2D eigenvalue weighted by Crippen LogP contribution is 2.49. The summed E-state index contributed by atoms with van der Waals surface area (Å²) in [4.78, 5) is 0. The van der Waals surface area contributed by atoms with Crippen LogP contribution in [0.15, 0.2) is 48.5 Å². The molecule has 3 heterocycles. The number of nitrogens with one attached hydrogen (secondary N) is 2. The van der Waals surface area contributed by atoms with Crippen molar-refractivity contribution in [3.8, 4) is 11.5 Å². The molecule has 3 fully saturated rings. The van der Waals surface area contributed by atoms with Crippen LogP contribution in [0.25, 0.3) is 0 Å². The lowest BCUT2D eigenvalue weighted by Crippen LogP contribution is -2.58. The second kappa shape index (κ2) is 11.5. The van der Waals surface area contributed by atoms with Crippen LogP contribution in [-0.2, 0) is 19.1 Å². The number of fused-ring (bicyclic) bond motifs is 2. The number of ether oxygens (including phenoxy) is 2. The summed E-state index contributed by atoms with van der Waals surface area (Å²) in [5, 5.41) is 19.8. The third-order valence-electron chi connectivity index (χ3n) is 7.73. The summed E-state index contributed by atoms with van der Waals surface area (Å²) in [6, 6.07) is 14.9. The maximum atomic E-state index is 12.9. The molecule has 39 heavy (non-hydrogen) atoms. The van der Waals surface area contributed by atoms with Gasteiger partial charge in [0.2, 0.25) is 0 Å². The van der Waals surface area contributed by atoms with Crippen molar-refractivity contribution in [2.75, 3.05) is 0 Å². The van der Waals surface area contributed by atoms with Crippen LogP contribution < -0.4 is 20.1 Å². The standard InChI is InChI=1S/C26H29F3N6O2.2ClH/c1-35-24(32-33-34-35)20-14-25(17-5-3-2-4-6-17)23(12-10-21(20)31-25)30-15-16-13-19(37-26(27,28)29)9-11-22(16)36-18-7-8-18;;/h2-6,9,11,13,18,20-21,23,30-31H,7-8,10,12,14-15H2,1H3;2*1H/t20-,21+,23-,25-;;/m1../s1. The zero-order valence-electron chi connectivity index (χ0n) is 21.2. The van der Waals surface area contributed by atoms with E-state index in [1.54, 1.807) is 10.7 Å². The maximum Gasteiger partial charge on any atom is 0.573 e. The number of aromatic nitrogens is 4. The Morgan fingerprint density at radius 3 is 2.51 bits per heavy atom. The zero-order chi connectivity index (χ0) is 25.6. The van der Waals surface area contributed by atoms with Crippen LogP contribution in [0.5, 0.6) is 11.5 Å². The number of hydrogen-bond acceptors (Lipinski definition) is 7. The van der Waals surface area contributed by atoms with Gasteiger partial charge in [-0.05, 0) is 66.3 Å². The second-order valence-electron chi connectivity index (χ2n) is 10.2. The predicted octanol–water partition coefficient (Wildman–Crippen LogP) is 4.79. The van der Waals surface area contributed by atoms with Gasteiger partial charge in [0.15, 0.2) is 5.82 Å². The molecule has 3 aromatic rings. The number of tetrazole rings is 1. The molecule has 0 spiro atoms. The number of halogens is 5. The zero-order valence-corrected chi connectivity index (χ0v) is 22.9. The van der Waals surface area contributed by atoms with E-state index in [0.29, 0.717) is 17.9 Å². The van der Waals surface area contributed by atoms with Gasteiger partial charge in [-0.2, -0.15) is 0 Å². The highest BCUT2D eigenvalue weighted by molar-refractivity contribution is 5.85. The summed E-state index contributed by atoms with van der Waals surface area (Å²) >= 11 is 0. The molecule has 6 rings (SSSR count). The molecular formula is C26H31Cl2F3N6O2. The van der Waals surface area contributed by atoms with Crippen LogP contribution in [0.4, 0.5) is 13.2 Å². The smallest absolute Gasteiger partial charge is 0.490 e. The van der Waals surface area contributed by atoms with Gasteiger partial charge in [-0.15, -0.1) is 43.1 Å². The summed E-state index contributed by atoms with van der Waals surface area (Å²) < 4.78 is 50.6. The summed E-state index contributed by atoms with van der Waals surface area (Å²) in [6.45, 7) is 0.346. The lowest BCUT2D eigenvalue weighted by atomic mass is 9.78. The quantitative estimate of drug-likeness (QED) is 0.392.